The number of nitrogens with zero attached hydrogens (tertiary/aromatic N) is 1. The fourth-order valence-corrected chi connectivity index (χ4v) is 3.10. The van der Waals surface area contributed by atoms with Gasteiger partial charge in [-0.25, -0.2) is 18.2 Å². The van der Waals surface area contributed by atoms with Crippen molar-refractivity contribution in [1.29, 1.82) is 0 Å². The van der Waals surface area contributed by atoms with E-state index in [1.807, 2.05) is 18.2 Å². The molecule has 0 unspecified atom stereocenters. The van der Waals surface area contributed by atoms with Gasteiger partial charge in [-0.05, 0) is 29.8 Å². The first-order valence-electron chi connectivity index (χ1n) is 7.19. The molecule has 0 aromatic heterocycles. The fourth-order valence-electron chi connectivity index (χ4n) is 2.47. The summed E-state index contributed by atoms with van der Waals surface area (Å²) in [5, 5.41) is 9.41. The van der Waals surface area contributed by atoms with E-state index in [4.69, 9.17) is 4.74 Å². The Morgan fingerprint density at radius 1 is 1.08 bits per heavy atom. The average Bonchev–Trinajstić information content (AvgIpc) is 3.00. The highest BCUT2D eigenvalue weighted by molar-refractivity contribution is 7.90. The lowest BCUT2D eigenvalue weighted by atomic mass is 10.0. The number of carbonyl (C=O) groups is 1. The Labute approximate surface area is 139 Å². The molecule has 3 rings (SSSR count). The molecule has 0 fully saturated rings. The predicted octanol–water partition coefficient (Wildman–Crippen LogP) is 2.06. The van der Waals surface area contributed by atoms with Gasteiger partial charge in [0.25, 0.3) is 0 Å². The summed E-state index contributed by atoms with van der Waals surface area (Å²) in [4.78, 5) is 15.8. The molecule has 0 amide bonds. The van der Waals surface area contributed by atoms with Gasteiger partial charge in [0.15, 0.2) is 22.0 Å². The maximum atomic E-state index is 11.5. The molecule has 0 saturated heterocycles. The van der Waals surface area contributed by atoms with Gasteiger partial charge in [-0.2, -0.15) is 0 Å². The second-order valence-corrected chi connectivity index (χ2v) is 7.48. The Hall–Kier alpha value is -2.67. The molecule has 0 aliphatic carbocycles. The molecule has 1 N–H and O–H groups in total. The molecule has 0 saturated carbocycles. The molecule has 2 atom stereocenters. The van der Waals surface area contributed by atoms with E-state index in [1.165, 1.54) is 12.1 Å². The molecule has 24 heavy (non-hydrogen) atoms. The summed E-state index contributed by atoms with van der Waals surface area (Å²) in [5.41, 5.74) is 1.25. The van der Waals surface area contributed by atoms with Crippen molar-refractivity contribution in [1.82, 2.24) is 0 Å². The molecular formula is C17H15NO5S. The number of rotatable bonds is 4. The summed E-state index contributed by atoms with van der Waals surface area (Å²) in [7, 11) is -3.31. The summed E-state index contributed by atoms with van der Waals surface area (Å²) in [6, 6.07) is 13.9. The van der Waals surface area contributed by atoms with Gasteiger partial charge in [-0.3, -0.25) is 0 Å². The second-order valence-electron chi connectivity index (χ2n) is 5.46. The standard InChI is InChI=1S/C17H15NO5S/c1-24(21,22)13-9-7-11(8-10-13)15-14(17(19)20)18-16(23-15)12-5-3-2-4-6-12/h2-10,14-15H,1H3,(H,19,20)/t14-,15-/m1/s1. The lowest BCUT2D eigenvalue weighted by Crippen LogP contribution is -2.23. The monoisotopic (exact) mass is 345 g/mol. The molecule has 2 aromatic carbocycles. The minimum absolute atomic E-state index is 0.167. The molecular weight excluding hydrogens is 330 g/mol. The van der Waals surface area contributed by atoms with Crippen LogP contribution in [0.25, 0.3) is 0 Å². The van der Waals surface area contributed by atoms with E-state index in [-0.39, 0.29) is 10.8 Å². The molecule has 2 aromatic rings. The highest BCUT2D eigenvalue weighted by Gasteiger charge is 2.38. The average molecular weight is 345 g/mol. The summed E-state index contributed by atoms with van der Waals surface area (Å²) in [6.45, 7) is 0. The number of hydrogen-bond donors (Lipinski definition) is 1. The SMILES string of the molecule is CS(=O)(=O)c1ccc([C@H]2OC(c3ccccc3)=N[C@H]2C(=O)O)cc1. The van der Waals surface area contributed by atoms with Crippen LogP contribution in [-0.2, 0) is 19.4 Å². The van der Waals surface area contributed by atoms with Crippen LogP contribution in [0.4, 0.5) is 0 Å². The van der Waals surface area contributed by atoms with Gasteiger partial charge < -0.3 is 9.84 Å². The smallest absolute Gasteiger partial charge is 0.332 e. The normalized spacial score (nSPS) is 20.3. The van der Waals surface area contributed by atoms with Gasteiger partial charge in [0.1, 0.15) is 0 Å². The van der Waals surface area contributed by atoms with E-state index in [1.54, 1.807) is 24.3 Å². The van der Waals surface area contributed by atoms with E-state index in [2.05, 4.69) is 4.99 Å². The van der Waals surface area contributed by atoms with Gasteiger partial charge >= 0.3 is 5.97 Å². The van der Waals surface area contributed by atoms with Gasteiger partial charge in [0, 0.05) is 11.8 Å². The molecule has 1 aliphatic heterocycles. The topological polar surface area (TPSA) is 93.0 Å². The van der Waals surface area contributed by atoms with Crippen molar-refractivity contribution < 1.29 is 23.1 Å². The van der Waals surface area contributed by atoms with Crippen LogP contribution in [0.3, 0.4) is 0 Å². The number of carboxylic acid groups (broad SMARTS) is 1. The molecule has 6 nitrogen and oxygen atoms in total. The third-order valence-electron chi connectivity index (χ3n) is 3.69. The van der Waals surface area contributed by atoms with E-state index in [9.17, 15) is 18.3 Å². The van der Waals surface area contributed by atoms with Gasteiger partial charge in [-0.15, -0.1) is 0 Å². The highest BCUT2D eigenvalue weighted by atomic mass is 32.2. The summed E-state index contributed by atoms with van der Waals surface area (Å²) in [6.07, 6.45) is 0.316. The summed E-state index contributed by atoms with van der Waals surface area (Å²) in [5.74, 6) is -0.835. The minimum Gasteiger partial charge on any atom is -0.480 e. The summed E-state index contributed by atoms with van der Waals surface area (Å²) >= 11 is 0. The van der Waals surface area contributed by atoms with Crippen molar-refractivity contribution in [2.24, 2.45) is 4.99 Å². The van der Waals surface area contributed by atoms with Crippen LogP contribution in [-0.4, -0.2) is 37.7 Å². The molecule has 1 heterocycles. The quantitative estimate of drug-likeness (QED) is 0.915. The van der Waals surface area contributed by atoms with Crippen molar-refractivity contribution in [3.63, 3.8) is 0 Å². The molecule has 0 bridgehead atoms. The maximum Gasteiger partial charge on any atom is 0.332 e. The van der Waals surface area contributed by atoms with E-state index in [0.29, 0.717) is 11.1 Å². The van der Waals surface area contributed by atoms with Crippen LogP contribution in [0.1, 0.15) is 17.2 Å². The lowest BCUT2D eigenvalue weighted by Gasteiger charge is -2.15. The molecule has 0 spiro atoms. The van der Waals surface area contributed by atoms with E-state index >= 15 is 0 Å². The first-order valence-corrected chi connectivity index (χ1v) is 9.08. The number of carboxylic acids is 1. The zero-order chi connectivity index (χ0) is 17.3. The van der Waals surface area contributed by atoms with Crippen LogP contribution in [0.2, 0.25) is 0 Å². The second kappa shape index (κ2) is 6.09. The third-order valence-corrected chi connectivity index (χ3v) is 4.82. The number of aliphatic imine (C=N–C) groups is 1. The Morgan fingerprint density at radius 2 is 1.71 bits per heavy atom. The van der Waals surface area contributed by atoms with E-state index in [0.717, 1.165) is 6.26 Å². The van der Waals surface area contributed by atoms with Crippen LogP contribution in [0, 0.1) is 0 Å². The number of benzene rings is 2. The third kappa shape index (κ3) is 3.16. The number of ether oxygens (including phenoxy) is 1. The first kappa shape index (κ1) is 16.2. The zero-order valence-electron chi connectivity index (χ0n) is 12.8. The highest BCUT2D eigenvalue weighted by Crippen LogP contribution is 2.31. The minimum atomic E-state index is -3.31. The first-order chi connectivity index (χ1) is 11.4. The van der Waals surface area contributed by atoms with Crippen LogP contribution in [0.15, 0.2) is 64.5 Å². The lowest BCUT2D eigenvalue weighted by molar-refractivity contribution is -0.140. The van der Waals surface area contributed by atoms with Gasteiger partial charge in [-0.1, -0.05) is 30.3 Å². The van der Waals surface area contributed by atoms with Crippen molar-refractivity contribution in [3.8, 4) is 0 Å². The largest absolute Gasteiger partial charge is 0.480 e. The van der Waals surface area contributed by atoms with Crippen molar-refractivity contribution in [3.05, 3.63) is 65.7 Å². The zero-order valence-corrected chi connectivity index (χ0v) is 13.6. The number of sulfone groups is 1. The van der Waals surface area contributed by atoms with Crippen LogP contribution < -0.4 is 0 Å². The Kier molecular flexibility index (Phi) is 4.11. The Morgan fingerprint density at radius 3 is 2.25 bits per heavy atom. The molecule has 7 heteroatoms. The van der Waals surface area contributed by atoms with Crippen LogP contribution in [0.5, 0.6) is 0 Å². The van der Waals surface area contributed by atoms with Crippen LogP contribution >= 0.6 is 0 Å². The number of aliphatic carboxylic acids is 1. The van der Waals surface area contributed by atoms with Crippen molar-refractivity contribution >= 4 is 21.7 Å². The number of hydrogen-bond acceptors (Lipinski definition) is 5. The van der Waals surface area contributed by atoms with E-state index < -0.39 is 28.0 Å². The predicted molar refractivity (Wildman–Crippen MR) is 87.8 cm³/mol. The Bertz CT molecular complexity index is 888. The Balaban J connectivity index is 1.92. The van der Waals surface area contributed by atoms with Gasteiger partial charge in [0.2, 0.25) is 5.90 Å². The van der Waals surface area contributed by atoms with Gasteiger partial charge in [0.05, 0.1) is 4.90 Å². The van der Waals surface area contributed by atoms with Crippen molar-refractivity contribution in [2.45, 2.75) is 17.0 Å². The fraction of sp³-hybridized carbons (Fsp3) is 0.176. The molecule has 124 valence electrons. The van der Waals surface area contributed by atoms with Crippen molar-refractivity contribution in [2.75, 3.05) is 6.26 Å². The molecule has 0 radical (unpaired) electrons. The summed E-state index contributed by atoms with van der Waals surface area (Å²) < 4.78 is 28.8. The molecule has 1 aliphatic rings. The maximum absolute atomic E-state index is 11.5.